The molecule has 90 valence electrons. The first-order chi connectivity index (χ1) is 8.83. The van der Waals surface area contributed by atoms with Gasteiger partial charge < -0.3 is 4.52 Å². The summed E-state index contributed by atoms with van der Waals surface area (Å²) in [6.07, 6.45) is 0.554. The maximum absolute atomic E-state index is 6.09. The zero-order chi connectivity index (χ0) is 12.4. The molecule has 0 saturated heterocycles. The largest absolute Gasteiger partial charge is 0.339 e. The van der Waals surface area contributed by atoms with Gasteiger partial charge in [-0.3, -0.25) is 0 Å². The summed E-state index contributed by atoms with van der Waals surface area (Å²) in [6, 6.07) is 11.6. The quantitative estimate of drug-likeness (QED) is 0.725. The molecule has 0 amide bonds. The fourth-order valence-electron chi connectivity index (χ4n) is 1.64. The van der Waals surface area contributed by atoms with Crippen molar-refractivity contribution in [2.24, 2.45) is 0 Å². The Morgan fingerprint density at radius 3 is 2.83 bits per heavy atom. The van der Waals surface area contributed by atoms with Crippen LogP contribution in [0.2, 0.25) is 5.02 Å². The molecule has 0 aliphatic carbocycles. The molecule has 0 unspecified atom stereocenters. The van der Waals surface area contributed by atoms with E-state index in [4.69, 9.17) is 16.1 Å². The van der Waals surface area contributed by atoms with Crippen molar-refractivity contribution in [3.8, 4) is 10.7 Å². The van der Waals surface area contributed by atoms with E-state index in [0.717, 1.165) is 10.4 Å². The third-order valence-corrected chi connectivity index (χ3v) is 3.74. The average molecular weight is 277 g/mol. The highest BCUT2D eigenvalue weighted by atomic mass is 35.5. The number of hydrogen-bond donors (Lipinski definition) is 0. The molecule has 0 saturated carbocycles. The predicted molar refractivity (Wildman–Crippen MR) is 71.9 cm³/mol. The lowest BCUT2D eigenvalue weighted by molar-refractivity contribution is 0.386. The molecule has 1 aromatic carbocycles. The van der Waals surface area contributed by atoms with E-state index in [-0.39, 0.29) is 0 Å². The van der Waals surface area contributed by atoms with Crippen LogP contribution in [0.5, 0.6) is 0 Å². The molecule has 0 spiro atoms. The monoisotopic (exact) mass is 276 g/mol. The molecule has 3 rings (SSSR count). The highest BCUT2D eigenvalue weighted by Gasteiger charge is 2.11. The summed E-state index contributed by atoms with van der Waals surface area (Å²) < 4.78 is 5.23. The van der Waals surface area contributed by atoms with Gasteiger partial charge in [0.05, 0.1) is 11.3 Å². The van der Waals surface area contributed by atoms with E-state index >= 15 is 0 Å². The minimum absolute atomic E-state index is 0.554. The van der Waals surface area contributed by atoms with Crippen LogP contribution < -0.4 is 0 Å². The Labute approximate surface area is 113 Å². The van der Waals surface area contributed by atoms with Crippen LogP contribution in [-0.2, 0) is 6.42 Å². The van der Waals surface area contributed by atoms with Gasteiger partial charge in [-0.25, -0.2) is 0 Å². The first kappa shape index (κ1) is 11.4. The van der Waals surface area contributed by atoms with Crippen molar-refractivity contribution < 1.29 is 4.52 Å². The van der Waals surface area contributed by atoms with Gasteiger partial charge in [-0.2, -0.15) is 4.98 Å². The average Bonchev–Trinajstić information content (AvgIpc) is 3.02. The van der Waals surface area contributed by atoms with E-state index in [1.807, 2.05) is 41.8 Å². The van der Waals surface area contributed by atoms with Gasteiger partial charge in [0, 0.05) is 5.02 Å². The molecule has 2 aromatic heterocycles. The van der Waals surface area contributed by atoms with Crippen LogP contribution in [0.15, 0.2) is 46.3 Å². The number of nitrogens with zero attached hydrogens (tertiary/aromatic N) is 2. The van der Waals surface area contributed by atoms with Crippen LogP contribution in [0.25, 0.3) is 10.7 Å². The second-order valence-corrected chi connectivity index (χ2v) is 5.11. The lowest BCUT2D eigenvalue weighted by atomic mass is 10.1. The lowest BCUT2D eigenvalue weighted by Crippen LogP contribution is -1.89. The standard InChI is InChI=1S/C13H9ClN2OS/c14-10-5-2-1-4-9(10)8-12-15-13(16-17-12)11-6-3-7-18-11/h1-7H,8H2. The van der Waals surface area contributed by atoms with E-state index in [0.29, 0.717) is 23.2 Å². The molecule has 2 heterocycles. The molecule has 0 aliphatic rings. The SMILES string of the molecule is Clc1ccccc1Cc1nc(-c2cccs2)no1. The number of rotatable bonds is 3. The summed E-state index contributed by atoms with van der Waals surface area (Å²) in [5, 5.41) is 6.67. The fourth-order valence-corrected chi connectivity index (χ4v) is 2.49. The van der Waals surface area contributed by atoms with Gasteiger partial charge in [0.1, 0.15) is 0 Å². The molecular formula is C13H9ClN2OS. The van der Waals surface area contributed by atoms with Crippen LogP contribution in [0.1, 0.15) is 11.5 Å². The Kier molecular flexibility index (Phi) is 3.13. The summed E-state index contributed by atoms with van der Waals surface area (Å²) in [4.78, 5) is 5.37. The third kappa shape index (κ3) is 2.30. The third-order valence-electron chi connectivity index (χ3n) is 2.51. The molecule has 0 fully saturated rings. The van der Waals surface area contributed by atoms with Gasteiger partial charge in [0.25, 0.3) is 0 Å². The topological polar surface area (TPSA) is 38.9 Å². The van der Waals surface area contributed by atoms with E-state index in [1.165, 1.54) is 0 Å². The Hall–Kier alpha value is -1.65. The maximum Gasteiger partial charge on any atom is 0.231 e. The normalized spacial score (nSPS) is 10.7. The molecule has 3 aromatic rings. The van der Waals surface area contributed by atoms with Gasteiger partial charge in [-0.05, 0) is 23.1 Å². The number of aromatic nitrogens is 2. The molecule has 18 heavy (non-hydrogen) atoms. The lowest BCUT2D eigenvalue weighted by Gasteiger charge is -1.98. The first-order valence-corrected chi connectivity index (χ1v) is 6.68. The molecule has 3 nitrogen and oxygen atoms in total. The molecule has 0 aliphatic heterocycles. The van der Waals surface area contributed by atoms with E-state index in [2.05, 4.69) is 10.1 Å². The predicted octanol–water partition coefficient (Wildman–Crippen LogP) is 4.04. The molecular weight excluding hydrogens is 268 g/mol. The number of benzene rings is 1. The van der Waals surface area contributed by atoms with Crippen molar-refractivity contribution >= 4 is 22.9 Å². The van der Waals surface area contributed by atoms with E-state index in [9.17, 15) is 0 Å². The van der Waals surface area contributed by atoms with Crippen molar-refractivity contribution in [2.75, 3.05) is 0 Å². The number of halogens is 1. The number of thiophene rings is 1. The van der Waals surface area contributed by atoms with Crippen LogP contribution in [-0.4, -0.2) is 10.1 Å². The molecule has 0 N–H and O–H groups in total. The van der Waals surface area contributed by atoms with E-state index in [1.54, 1.807) is 11.3 Å². The molecule has 0 bridgehead atoms. The minimum Gasteiger partial charge on any atom is -0.339 e. The van der Waals surface area contributed by atoms with Gasteiger partial charge in [0.15, 0.2) is 0 Å². The Bertz CT molecular complexity index is 649. The summed E-state index contributed by atoms with van der Waals surface area (Å²) in [6.45, 7) is 0. The van der Waals surface area contributed by atoms with Gasteiger partial charge in [0.2, 0.25) is 11.7 Å². The molecule has 5 heteroatoms. The van der Waals surface area contributed by atoms with Crippen LogP contribution in [0.3, 0.4) is 0 Å². The summed E-state index contributed by atoms with van der Waals surface area (Å²) in [5.41, 5.74) is 0.987. The van der Waals surface area contributed by atoms with Crippen molar-refractivity contribution in [3.05, 3.63) is 58.3 Å². The second-order valence-electron chi connectivity index (χ2n) is 3.76. The zero-order valence-electron chi connectivity index (χ0n) is 9.34. The molecule has 0 atom stereocenters. The van der Waals surface area contributed by atoms with Crippen molar-refractivity contribution in [1.82, 2.24) is 10.1 Å². The highest BCUT2D eigenvalue weighted by molar-refractivity contribution is 7.13. The van der Waals surface area contributed by atoms with Crippen molar-refractivity contribution in [1.29, 1.82) is 0 Å². The summed E-state index contributed by atoms with van der Waals surface area (Å²) in [5.74, 6) is 1.21. The first-order valence-electron chi connectivity index (χ1n) is 5.43. The maximum atomic E-state index is 6.09. The van der Waals surface area contributed by atoms with Gasteiger partial charge >= 0.3 is 0 Å². The van der Waals surface area contributed by atoms with Gasteiger partial charge in [-0.15, -0.1) is 11.3 Å². The van der Waals surface area contributed by atoms with Crippen molar-refractivity contribution in [3.63, 3.8) is 0 Å². The Morgan fingerprint density at radius 2 is 2.06 bits per heavy atom. The van der Waals surface area contributed by atoms with Crippen LogP contribution in [0.4, 0.5) is 0 Å². The smallest absolute Gasteiger partial charge is 0.231 e. The highest BCUT2D eigenvalue weighted by Crippen LogP contribution is 2.23. The Balaban J connectivity index is 1.85. The summed E-state index contributed by atoms with van der Waals surface area (Å²) in [7, 11) is 0. The van der Waals surface area contributed by atoms with Crippen LogP contribution >= 0.6 is 22.9 Å². The van der Waals surface area contributed by atoms with Crippen LogP contribution in [0, 0.1) is 0 Å². The zero-order valence-corrected chi connectivity index (χ0v) is 10.9. The Morgan fingerprint density at radius 1 is 1.17 bits per heavy atom. The van der Waals surface area contributed by atoms with E-state index < -0.39 is 0 Å². The summed E-state index contributed by atoms with van der Waals surface area (Å²) >= 11 is 7.68. The molecule has 0 radical (unpaired) electrons. The van der Waals surface area contributed by atoms with Crippen molar-refractivity contribution in [2.45, 2.75) is 6.42 Å². The number of hydrogen-bond acceptors (Lipinski definition) is 4. The minimum atomic E-state index is 0.554. The fraction of sp³-hybridized carbons (Fsp3) is 0.0769. The second kappa shape index (κ2) is 4.92. The van der Waals surface area contributed by atoms with Gasteiger partial charge in [-0.1, -0.05) is 41.0 Å².